The molecule has 0 spiro atoms. The maximum absolute atomic E-state index is 12.4. The Morgan fingerprint density at radius 1 is 1.04 bits per heavy atom. The van der Waals surface area contributed by atoms with Gasteiger partial charge in [0, 0.05) is 5.02 Å². The van der Waals surface area contributed by atoms with E-state index < -0.39 is 12.0 Å². The Labute approximate surface area is 151 Å². The highest BCUT2D eigenvalue weighted by molar-refractivity contribution is 6.30. The van der Waals surface area contributed by atoms with Crippen LogP contribution in [-0.4, -0.2) is 26.1 Å². The van der Waals surface area contributed by atoms with Crippen molar-refractivity contribution in [2.75, 3.05) is 14.2 Å². The molecule has 0 bridgehead atoms. The van der Waals surface area contributed by atoms with E-state index in [1.807, 2.05) is 12.1 Å². The van der Waals surface area contributed by atoms with E-state index in [4.69, 9.17) is 21.1 Å². The summed E-state index contributed by atoms with van der Waals surface area (Å²) in [4.78, 5) is 24.0. The van der Waals surface area contributed by atoms with Gasteiger partial charge in [-0.05, 0) is 35.4 Å². The molecule has 2 rings (SSSR count). The van der Waals surface area contributed by atoms with Crippen LogP contribution in [0.1, 0.15) is 23.6 Å². The maximum Gasteiger partial charge on any atom is 0.307 e. The van der Waals surface area contributed by atoms with E-state index in [0.717, 1.165) is 16.9 Å². The second-order valence-electron chi connectivity index (χ2n) is 5.48. The van der Waals surface area contributed by atoms with Crippen molar-refractivity contribution < 1.29 is 19.1 Å². The summed E-state index contributed by atoms with van der Waals surface area (Å²) >= 11 is 5.90. The summed E-state index contributed by atoms with van der Waals surface area (Å²) in [7, 11) is 2.91. The average Bonchev–Trinajstić information content (AvgIpc) is 2.62. The average molecular weight is 362 g/mol. The molecule has 132 valence electrons. The molecule has 0 unspecified atom stereocenters. The molecule has 1 amide bonds. The molecule has 0 radical (unpaired) electrons. The van der Waals surface area contributed by atoms with Gasteiger partial charge in [-0.1, -0.05) is 35.9 Å². The summed E-state index contributed by atoms with van der Waals surface area (Å²) in [5.74, 6) is 0.146. The second kappa shape index (κ2) is 9.08. The zero-order valence-electron chi connectivity index (χ0n) is 14.1. The van der Waals surface area contributed by atoms with Crippen molar-refractivity contribution in [3.05, 3.63) is 64.7 Å². The van der Waals surface area contributed by atoms with Crippen molar-refractivity contribution in [2.45, 2.75) is 18.9 Å². The number of hydrogen-bond acceptors (Lipinski definition) is 4. The quantitative estimate of drug-likeness (QED) is 0.768. The third kappa shape index (κ3) is 5.80. The van der Waals surface area contributed by atoms with Crippen LogP contribution in [0.2, 0.25) is 5.02 Å². The molecule has 0 aliphatic rings. The van der Waals surface area contributed by atoms with Crippen molar-refractivity contribution in [3.63, 3.8) is 0 Å². The minimum absolute atomic E-state index is 0.0481. The third-order valence-corrected chi connectivity index (χ3v) is 3.98. The SMILES string of the molecule is COC(=O)C[C@@H](NC(=O)Cc1ccc(OC)cc1)c1ccc(Cl)cc1. The van der Waals surface area contributed by atoms with Gasteiger partial charge >= 0.3 is 5.97 Å². The number of rotatable bonds is 7. The van der Waals surface area contributed by atoms with Gasteiger partial charge in [-0.15, -0.1) is 0 Å². The number of methoxy groups -OCH3 is 2. The fraction of sp³-hybridized carbons (Fsp3) is 0.263. The Hall–Kier alpha value is -2.53. The highest BCUT2D eigenvalue weighted by Crippen LogP contribution is 2.20. The van der Waals surface area contributed by atoms with Crippen LogP contribution in [0.3, 0.4) is 0 Å². The fourth-order valence-electron chi connectivity index (χ4n) is 2.37. The Bertz CT molecular complexity index is 713. The minimum atomic E-state index is -0.476. The second-order valence-corrected chi connectivity index (χ2v) is 5.91. The molecule has 2 aromatic rings. The Kier molecular flexibility index (Phi) is 6.83. The lowest BCUT2D eigenvalue weighted by Crippen LogP contribution is -2.31. The minimum Gasteiger partial charge on any atom is -0.497 e. The molecule has 0 aliphatic heterocycles. The normalized spacial score (nSPS) is 11.5. The lowest BCUT2D eigenvalue weighted by atomic mass is 10.0. The summed E-state index contributed by atoms with van der Waals surface area (Å²) in [5.41, 5.74) is 1.64. The number of benzene rings is 2. The number of ether oxygens (including phenoxy) is 2. The molecule has 1 N–H and O–H groups in total. The van der Waals surface area contributed by atoms with Crippen LogP contribution in [0.5, 0.6) is 5.75 Å². The molecular weight excluding hydrogens is 342 g/mol. The molecule has 1 atom stereocenters. The van der Waals surface area contributed by atoms with Gasteiger partial charge in [0.05, 0.1) is 33.1 Å². The Balaban J connectivity index is 2.07. The van der Waals surface area contributed by atoms with Gasteiger partial charge in [-0.25, -0.2) is 0 Å². The lowest BCUT2D eigenvalue weighted by Gasteiger charge is -2.18. The van der Waals surface area contributed by atoms with Crippen molar-refractivity contribution in [1.29, 1.82) is 0 Å². The molecule has 6 heteroatoms. The number of esters is 1. The van der Waals surface area contributed by atoms with Crippen LogP contribution < -0.4 is 10.1 Å². The molecule has 0 saturated carbocycles. The van der Waals surface area contributed by atoms with Crippen LogP contribution in [0.15, 0.2) is 48.5 Å². The first-order chi connectivity index (χ1) is 12.0. The van der Waals surface area contributed by atoms with Crippen molar-refractivity contribution in [2.24, 2.45) is 0 Å². The van der Waals surface area contributed by atoms with Crippen LogP contribution in [-0.2, 0) is 20.7 Å². The number of halogens is 1. The van der Waals surface area contributed by atoms with E-state index in [1.54, 1.807) is 43.5 Å². The number of amides is 1. The predicted octanol–water partition coefficient (Wildman–Crippen LogP) is 3.31. The number of carbonyl (C=O) groups excluding carboxylic acids is 2. The van der Waals surface area contributed by atoms with E-state index in [1.165, 1.54) is 7.11 Å². The van der Waals surface area contributed by atoms with Crippen LogP contribution in [0.4, 0.5) is 0 Å². The Morgan fingerprint density at radius 2 is 1.68 bits per heavy atom. The topological polar surface area (TPSA) is 64.6 Å². The summed E-state index contributed by atoms with van der Waals surface area (Å²) in [6.45, 7) is 0. The summed E-state index contributed by atoms with van der Waals surface area (Å²) in [6.07, 6.45) is 0.252. The molecular formula is C19H20ClNO4. The van der Waals surface area contributed by atoms with Gasteiger partial charge < -0.3 is 14.8 Å². The van der Waals surface area contributed by atoms with Gasteiger partial charge in [0.2, 0.25) is 5.91 Å². The van der Waals surface area contributed by atoms with Gasteiger partial charge in [-0.3, -0.25) is 9.59 Å². The predicted molar refractivity (Wildman–Crippen MR) is 95.7 cm³/mol. The number of hydrogen-bond donors (Lipinski definition) is 1. The van der Waals surface area contributed by atoms with Crippen LogP contribution in [0, 0.1) is 0 Å². The van der Waals surface area contributed by atoms with E-state index in [2.05, 4.69) is 5.32 Å². The van der Waals surface area contributed by atoms with Gasteiger partial charge in [0.1, 0.15) is 5.75 Å². The van der Waals surface area contributed by atoms with Gasteiger partial charge in [-0.2, -0.15) is 0 Å². The maximum atomic E-state index is 12.4. The van der Waals surface area contributed by atoms with E-state index >= 15 is 0 Å². The van der Waals surface area contributed by atoms with E-state index in [9.17, 15) is 9.59 Å². The van der Waals surface area contributed by atoms with Crippen LogP contribution in [0.25, 0.3) is 0 Å². The zero-order chi connectivity index (χ0) is 18.2. The number of nitrogens with one attached hydrogen (secondary N) is 1. The molecule has 0 aliphatic carbocycles. The fourth-order valence-corrected chi connectivity index (χ4v) is 2.50. The first-order valence-electron chi connectivity index (χ1n) is 7.76. The van der Waals surface area contributed by atoms with Crippen molar-refractivity contribution in [3.8, 4) is 5.75 Å². The summed E-state index contributed by atoms with van der Waals surface area (Å²) in [6, 6.07) is 13.8. The Morgan fingerprint density at radius 3 is 2.24 bits per heavy atom. The largest absolute Gasteiger partial charge is 0.497 e. The standard InChI is InChI=1S/C19H20ClNO4/c1-24-16-9-3-13(4-10-16)11-18(22)21-17(12-19(23)25-2)14-5-7-15(20)8-6-14/h3-10,17H,11-12H2,1-2H3,(H,21,22)/t17-/m1/s1. The summed E-state index contributed by atoms with van der Waals surface area (Å²) in [5, 5.41) is 3.47. The molecule has 0 heterocycles. The van der Waals surface area contributed by atoms with Crippen LogP contribution >= 0.6 is 11.6 Å². The third-order valence-electron chi connectivity index (χ3n) is 3.73. The van der Waals surface area contributed by atoms with Gasteiger partial charge in [0.15, 0.2) is 0 Å². The molecule has 0 saturated heterocycles. The first kappa shape index (κ1) is 18.8. The highest BCUT2D eigenvalue weighted by atomic mass is 35.5. The van der Waals surface area contributed by atoms with Crippen molar-refractivity contribution in [1.82, 2.24) is 5.32 Å². The molecule has 25 heavy (non-hydrogen) atoms. The molecule has 2 aromatic carbocycles. The number of carbonyl (C=O) groups is 2. The van der Waals surface area contributed by atoms with E-state index in [0.29, 0.717) is 5.02 Å². The van der Waals surface area contributed by atoms with Gasteiger partial charge in [0.25, 0.3) is 0 Å². The smallest absolute Gasteiger partial charge is 0.307 e. The van der Waals surface area contributed by atoms with Crippen molar-refractivity contribution >= 4 is 23.5 Å². The molecule has 5 nitrogen and oxygen atoms in total. The highest BCUT2D eigenvalue weighted by Gasteiger charge is 2.19. The summed E-state index contributed by atoms with van der Waals surface area (Å²) < 4.78 is 9.82. The van der Waals surface area contributed by atoms with E-state index in [-0.39, 0.29) is 18.7 Å². The first-order valence-corrected chi connectivity index (χ1v) is 8.14. The zero-order valence-corrected chi connectivity index (χ0v) is 14.9. The molecule has 0 aromatic heterocycles. The monoisotopic (exact) mass is 361 g/mol. The lowest BCUT2D eigenvalue weighted by molar-refractivity contribution is -0.141. The molecule has 0 fully saturated rings.